The molecule has 0 bridgehead atoms. The zero-order valence-corrected chi connectivity index (χ0v) is 13.3. The number of aryl methyl sites for hydroxylation is 1. The monoisotopic (exact) mass is 334 g/mol. The van der Waals surface area contributed by atoms with E-state index in [0.717, 1.165) is 22.2 Å². The molecule has 3 aromatic heterocycles. The van der Waals surface area contributed by atoms with Crippen LogP contribution >= 0.6 is 0 Å². The van der Waals surface area contributed by atoms with Crippen LogP contribution in [-0.4, -0.2) is 31.2 Å². The predicted octanol–water partition coefficient (Wildman–Crippen LogP) is 2.14. The number of imidazole rings is 1. The fourth-order valence-electron chi connectivity index (χ4n) is 2.64. The molecule has 0 amide bonds. The number of aromatic nitrogens is 5. The Morgan fingerprint density at radius 1 is 1.24 bits per heavy atom. The molecule has 4 rings (SSSR count). The van der Waals surface area contributed by atoms with Crippen molar-refractivity contribution < 1.29 is 9.53 Å². The Labute approximate surface area is 142 Å². The van der Waals surface area contributed by atoms with Gasteiger partial charge in [0.1, 0.15) is 17.4 Å². The highest BCUT2D eigenvalue weighted by Gasteiger charge is 2.12. The topological polar surface area (TPSA) is 112 Å². The minimum absolute atomic E-state index is 0.371. The Hall–Kier alpha value is -3.68. The molecule has 0 spiro atoms. The smallest absolute Gasteiger partial charge is 0.298 e. The average molecular weight is 334 g/mol. The van der Waals surface area contributed by atoms with E-state index in [1.54, 1.807) is 35.3 Å². The lowest BCUT2D eigenvalue weighted by Gasteiger charge is -2.04. The van der Waals surface area contributed by atoms with Gasteiger partial charge in [-0.2, -0.15) is 5.10 Å². The molecular formula is C17H14N6O2. The molecule has 0 aliphatic carbocycles. The number of benzene rings is 1. The first kappa shape index (κ1) is 14.9. The Bertz CT molecular complexity index is 1080. The number of nitrogens with zero attached hydrogens (tertiary/aromatic N) is 4. The standard InChI is InChI=1S/C17H14N6O2/c1-23-8-11(7-20-23)10-4-13(16(18)19-6-10)17-21-14-3-2-12(25-9-24)5-15(14)22-17/h2-9H,1H3,(H2,18,19)(H,21,22). The second kappa shape index (κ2) is 5.75. The van der Waals surface area contributed by atoms with E-state index >= 15 is 0 Å². The largest absolute Gasteiger partial charge is 0.429 e. The van der Waals surface area contributed by atoms with Crippen LogP contribution in [-0.2, 0) is 11.8 Å². The summed E-state index contributed by atoms with van der Waals surface area (Å²) in [5, 5.41) is 4.17. The van der Waals surface area contributed by atoms with Gasteiger partial charge in [0, 0.05) is 36.6 Å². The number of aromatic amines is 1. The maximum absolute atomic E-state index is 10.5. The second-order valence-corrected chi connectivity index (χ2v) is 5.54. The number of H-pyrrole nitrogens is 1. The molecule has 0 fully saturated rings. The van der Waals surface area contributed by atoms with E-state index in [1.165, 1.54) is 0 Å². The first-order chi connectivity index (χ1) is 12.1. The molecule has 0 aliphatic rings. The third kappa shape index (κ3) is 2.69. The minimum Gasteiger partial charge on any atom is -0.429 e. The van der Waals surface area contributed by atoms with E-state index < -0.39 is 0 Å². The number of nitrogens with two attached hydrogens (primary N) is 1. The quantitative estimate of drug-likeness (QED) is 0.553. The summed E-state index contributed by atoms with van der Waals surface area (Å²) in [6.07, 6.45) is 5.37. The molecule has 3 heterocycles. The van der Waals surface area contributed by atoms with Gasteiger partial charge >= 0.3 is 0 Å². The van der Waals surface area contributed by atoms with Gasteiger partial charge in [-0.1, -0.05) is 0 Å². The summed E-state index contributed by atoms with van der Waals surface area (Å²) in [6.45, 7) is 0.387. The van der Waals surface area contributed by atoms with Gasteiger partial charge in [0.25, 0.3) is 6.47 Å². The van der Waals surface area contributed by atoms with Crippen LogP contribution in [0.15, 0.2) is 42.9 Å². The molecule has 8 heteroatoms. The minimum atomic E-state index is 0.371. The first-order valence-electron chi connectivity index (χ1n) is 7.49. The normalized spacial score (nSPS) is 10.9. The van der Waals surface area contributed by atoms with Crippen LogP contribution in [0.1, 0.15) is 0 Å². The lowest BCUT2D eigenvalue weighted by atomic mass is 10.1. The van der Waals surface area contributed by atoms with Crippen molar-refractivity contribution in [2.45, 2.75) is 0 Å². The van der Waals surface area contributed by atoms with Gasteiger partial charge in [-0.3, -0.25) is 9.48 Å². The molecule has 0 aliphatic heterocycles. The number of hydrogen-bond acceptors (Lipinski definition) is 6. The van der Waals surface area contributed by atoms with Crippen molar-refractivity contribution in [2.24, 2.45) is 7.05 Å². The average Bonchev–Trinajstić information content (AvgIpc) is 3.21. The maximum atomic E-state index is 10.5. The molecule has 0 saturated carbocycles. The van der Waals surface area contributed by atoms with Gasteiger partial charge < -0.3 is 15.5 Å². The number of ether oxygens (including phenoxy) is 1. The fourth-order valence-corrected chi connectivity index (χ4v) is 2.64. The lowest BCUT2D eigenvalue weighted by Crippen LogP contribution is -1.95. The van der Waals surface area contributed by atoms with Crippen molar-refractivity contribution in [3.63, 3.8) is 0 Å². The molecule has 0 radical (unpaired) electrons. The van der Waals surface area contributed by atoms with Crippen molar-refractivity contribution >= 4 is 23.3 Å². The van der Waals surface area contributed by atoms with Crippen LogP contribution in [0.25, 0.3) is 33.5 Å². The number of hydrogen-bond donors (Lipinski definition) is 2. The maximum Gasteiger partial charge on any atom is 0.298 e. The predicted molar refractivity (Wildman–Crippen MR) is 92.6 cm³/mol. The molecule has 0 unspecified atom stereocenters. The number of anilines is 1. The van der Waals surface area contributed by atoms with Crippen molar-refractivity contribution in [3.05, 3.63) is 42.9 Å². The number of nitrogen functional groups attached to an aromatic ring is 1. The summed E-state index contributed by atoms with van der Waals surface area (Å²) in [6, 6.07) is 7.06. The van der Waals surface area contributed by atoms with Crippen molar-refractivity contribution in [1.29, 1.82) is 0 Å². The molecule has 8 nitrogen and oxygen atoms in total. The highest BCUT2D eigenvalue weighted by atomic mass is 16.5. The molecule has 25 heavy (non-hydrogen) atoms. The van der Waals surface area contributed by atoms with Gasteiger partial charge in [0.05, 0.1) is 22.8 Å². The zero-order chi connectivity index (χ0) is 17.4. The summed E-state index contributed by atoms with van der Waals surface area (Å²) in [4.78, 5) is 22.5. The fraction of sp³-hybridized carbons (Fsp3) is 0.0588. The number of fused-ring (bicyclic) bond motifs is 1. The van der Waals surface area contributed by atoms with E-state index in [1.807, 2.05) is 19.3 Å². The van der Waals surface area contributed by atoms with Gasteiger partial charge in [-0.05, 0) is 18.2 Å². The lowest BCUT2D eigenvalue weighted by molar-refractivity contribution is -0.120. The zero-order valence-electron chi connectivity index (χ0n) is 13.3. The number of carbonyl (C=O) groups is 1. The Morgan fingerprint density at radius 2 is 2.12 bits per heavy atom. The van der Waals surface area contributed by atoms with Gasteiger partial charge in [-0.25, -0.2) is 9.97 Å². The van der Waals surface area contributed by atoms with Crippen molar-refractivity contribution in [2.75, 3.05) is 5.73 Å². The first-order valence-corrected chi connectivity index (χ1v) is 7.49. The van der Waals surface area contributed by atoms with Crippen LogP contribution < -0.4 is 10.5 Å². The van der Waals surface area contributed by atoms with Crippen LogP contribution in [0, 0.1) is 0 Å². The van der Waals surface area contributed by atoms with Crippen LogP contribution in [0.3, 0.4) is 0 Å². The highest BCUT2D eigenvalue weighted by molar-refractivity contribution is 5.84. The van der Waals surface area contributed by atoms with Gasteiger partial charge in [0.2, 0.25) is 0 Å². The second-order valence-electron chi connectivity index (χ2n) is 5.54. The third-order valence-corrected chi connectivity index (χ3v) is 3.85. The Morgan fingerprint density at radius 3 is 2.88 bits per heavy atom. The number of carbonyl (C=O) groups excluding carboxylic acids is 1. The van der Waals surface area contributed by atoms with Gasteiger partial charge in [-0.15, -0.1) is 0 Å². The van der Waals surface area contributed by atoms with Gasteiger partial charge in [0.15, 0.2) is 0 Å². The van der Waals surface area contributed by atoms with E-state index in [4.69, 9.17) is 10.5 Å². The van der Waals surface area contributed by atoms with Crippen molar-refractivity contribution in [3.8, 4) is 28.3 Å². The highest BCUT2D eigenvalue weighted by Crippen LogP contribution is 2.30. The van der Waals surface area contributed by atoms with E-state index in [9.17, 15) is 4.79 Å². The van der Waals surface area contributed by atoms with Crippen LogP contribution in [0.2, 0.25) is 0 Å². The number of pyridine rings is 1. The molecule has 0 saturated heterocycles. The van der Waals surface area contributed by atoms with E-state index in [0.29, 0.717) is 29.4 Å². The number of rotatable bonds is 4. The number of nitrogens with one attached hydrogen (secondary N) is 1. The molecule has 124 valence electrons. The molecule has 0 atom stereocenters. The summed E-state index contributed by atoms with van der Waals surface area (Å²) in [5.74, 6) is 1.40. The molecule has 1 aromatic carbocycles. The Balaban J connectivity index is 1.80. The SMILES string of the molecule is Cn1cc(-c2cnc(N)c(-c3nc4ccc(OC=O)cc4[nH]3)c2)cn1. The van der Waals surface area contributed by atoms with Crippen LogP contribution in [0.4, 0.5) is 5.82 Å². The molecule has 3 N–H and O–H groups in total. The summed E-state index contributed by atoms with van der Waals surface area (Å²) < 4.78 is 6.58. The molecule has 4 aromatic rings. The Kier molecular flexibility index (Phi) is 3.42. The van der Waals surface area contributed by atoms with E-state index in [-0.39, 0.29) is 0 Å². The van der Waals surface area contributed by atoms with Crippen LogP contribution in [0.5, 0.6) is 5.75 Å². The summed E-state index contributed by atoms with van der Waals surface area (Å²) in [5.41, 5.74) is 10.0. The summed E-state index contributed by atoms with van der Waals surface area (Å²) >= 11 is 0. The summed E-state index contributed by atoms with van der Waals surface area (Å²) in [7, 11) is 1.85. The molecular weight excluding hydrogens is 320 g/mol. The van der Waals surface area contributed by atoms with Crippen molar-refractivity contribution in [1.82, 2.24) is 24.7 Å². The van der Waals surface area contributed by atoms with E-state index in [2.05, 4.69) is 20.1 Å². The third-order valence-electron chi connectivity index (χ3n) is 3.85.